The fraction of sp³-hybridized carbons (Fsp3) is 0.294. The molecule has 0 spiro atoms. The molecule has 0 radical (unpaired) electrons. The first kappa shape index (κ1) is 18.4. The first-order valence-corrected chi connectivity index (χ1v) is 8.19. The molecule has 1 amide bonds. The number of phenolic OH excluding ortho intramolecular Hbond substituents is 2. The van der Waals surface area contributed by atoms with E-state index in [9.17, 15) is 24.9 Å². The first-order valence-electron chi connectivity index (χ1n) is 8.19. The number of fused-ring (bicyclic) bond motifs is 1. The van der Waals surface area contributed by atoms with E-state index in [-0.39, 0.29) is 48.0 Å². The van der Waals surface area contributed by atoms with Gasteiger partial charge in [-0.1, -0.05) is 6.07 Å². The predicted octanol–water partition coefficient (Wildman–Crippen LogP) is 0.113. The number of aryl methyl sites for hydroxylation is 1. The molecule has 27 heavy (non-hydrogen) atoms. The van der Waals surface area contributed by atoms with Crippen LogP contribution in [-0.2, 0) is 11.3 Å². The van der Waals surface area contributed by atoms with Gasteiger partial charge in [0.2, 0.25) is 5.91 Å². The van der Waals surface area contributed by atoms with Crippen LogP contribution in [0.3, 0.4) is 0 Å². The summed E-state index contributed by atoms with van der Waals surface area (Å²) in [7, 11) is 1.56. The van der Waals surface area contributed by atoms with E-state index in [4.69, 9.17) is 0 Å². The third-order valence-electron chi connectivity index (χ3n) is 4.23. The molecule has 142 valence electrons. The molecule has 3 rings (SSSR count). The summed E-state index contributed by atoms with van der Waals surface area (Å²) in [5.41, 5.74) is 0.645. The van der Waals surface area contributed by atoms with Crippen LogP contribution in [0.15, 0.2) is 35.6 Å². The number of carbonyl (C=O) groups is 1. The number of nitrogens with zero attached hydrogens (tertiary/aromatic N) is 4. The second-order valence-corrected chi connectivity index (χ2v) is 6.13. The van der Waals surface area contributed by atoms with Crippen molar-refractivity contribution in [2.75, 3.05) is 13.6 Å². The Kier molecular flexibility index (Phi) is 5.08. The lowest BCUT2D eigenvalue weighted by atomic mass is 10.1. The highest BCUT2D eigenvalue weighted by atomic mass is 16.3. The minimum Gasteiger partial charge on any atom is -0.504 e. The number of aromatic amines is 1. The fourth-order valence-electron chi connectivity index (χ4n) is 2.68. The Morgan fingerprint density at radius 3 is 2.81 bits per heavy atom. The van der Waals surface area contributed by atoms with Gasteiger partial charge in [-0.15, -0.1) is 0 Å². The summed E-state index contributed by atoms with van der Waals surface area (Å²) in [5.74, 6) is -0.839. The number of nitrogens with one attached hydrogen (secondary N) is 1. The number of likely N-dealkylation sites (N-methyl/N-ethyl adjacent to an activating group) is 1. The minimum absolute atomic E-state index is 0.0195. The Morgan fingerprint density at radius 2 is 2.07 bits per heavy atom. The van der Waals surface area contributed by atoms with Gasteiger partial charge in [0.05, 0.1) is 25.3 Å². The molecule has 0 fully saturated rings. The minimum atomic E-state index is -1.01. The Bertz CT molecular complexity index is 1030. The molecule has 10 heteroatoms. The highest BCUT2D eigenvalue weighted by molar-refractivity contribution is 5.76. The summed E-state index contributed by atoms with van der Waals surface area (Å²) in [6, 6.07) is 3.99. The summed E-state index contributed by atoms with van der Waals surface area (Å²) in [5, 5.41) is 29.1. The van der Waals surface area contributed by atoms with E-state index in [0.717, 1.165) is 0 Å². The normalized spacial score (nSPS) is 12.2. The molecule has 3 aromatic rings. The number of aliphatic hydroxyl groups is 1. The zero-order valence-electron chi connectivity index (χ0n) is 14.5. The Balaban J connectivity index is 1.61. The molecule has 4 N–H and O–H groups in total. The average Bonchev–Trinajstić information content (AvgIpc) is 3.06. The molecule has 0 aliphatic heterocycles. The summed E-state index contributed by atoms with van der Waals surface area (Å²) in [6.07, 6.45) is 1.85. The van der Waals surface area contributed by atoms with E-state index >= 15 is 0 Å². The largest absolute Gasteiger partial charge is 0.504 e. The van der Waals surface area contributed by atoms with Gasteiger partial charge in [-0.2, -0.15) is 0 Å². The van der Waals surface area contributed by atoms with E-state index in [1.54, 1.807) is 11.6 Å². The number of aliphatic hydroxyl groups excluding tert-OH is 1. The van der Waals surface area contributed by atoms with Gasteiger partial charge >= 0.3 is 0 Å². The molecule has 0 saturated heterocycles. The molecule has 0 saturated carbocycles. The van der Waals surface area contributed by atoms with Gasteiger partial charge in [-0.3, -0.25) is 9.59 Å². The van der Waals surface area contributed by atoms with Crippen LogP contribution in [0.4, 0.5) is 0 Å². The zero-order valence-corrected chi connectivity index (χ0v) is 14.5. The van der Waals surface area contributed by atoms with E-state index in [1.165, 1.54) is 35.8 Å². The lowest BCUT2D eigenvalue weighted by Gasteiger charge is -2.21. The second kappa shape index (κ2) is 7.46. The van der Waals surface area contributed by atoms with Crippen molar-refractivity contribution < 1.29 is 20.1 Å². The molecule has 2 aromatic heterocycles. The molecule has 2 heterocycles. The molecular formula is C17H19N5O5. The van der Waals surface area contributed by atoms with Crippen molar-refractivity contribution in [3.05, 3.63) is 46.8 Å². The third kappa shape index (κ3) is 3.90. The van der Waals surface area contributed by atoms with Crippen LogP contribution >= 0.6 is 0 Å². The maximum absolute atomic E-state index is 12.3. The average molecular weight is 373 g/mol. The fourth-order valence-corrected chi connectivity index (χ4v) is 2.68. The number of imidazole rings is 1. The van der Waals surface area contributed by atoms with Crippen molar-refractivity contribution in [1.29, 1.82) is 0 Å². The maximum Gasteiger partial charge on any atom is 0.278 e. The molecule has 1 aromatic carbocycles. The van der Waals surface area contributed by atoms with Crippen molar-refractivity contribution in [1.82, 2.24) is 24.4 Å². The van der Waals surface area contributed by atoms with E-state index in [2.05, 4.69) is 15.0 Å². The maximum atomic E-state index is 12.3. The van der Waals surface area contributed by atoms with Crippen LogP contribution in [0.1, 0.15) is 18.1 Å². The molecular weight excluding hydrogens is 354 g/mol. The van der Waals surface area contributed by atoms with Crippen LogP contribution in [-0.4, -0.2) is 59.2 Å². The smallest absolute Gasteiger partial charge is 0.278 e. The quantitative estimate of drug-likeness (QED) is 0.449. The van der Waals surface area contributed by atoms with Gasteiger partial charge in [-0.25, -0.2) is 9.97 Å². The monoisotopic (exact) mass is 373 g/mol. The Hall–Kier alpha value is -3.40. The standard InChI is InChI=1S/C17H19N5O5/c1-21(7-13(25)10-2-3-11(23)12(24)6-10)14(26)4-5-22-9-20-15-16(22)18-8-19-17(15)27/h2-3,6,8-9,13,23-25H,4-5,7H2,1H3,(H,18,19,27). The Labute approximate surface area is 153 Å². The zero-order chi connectivity index (χ0) is 19.6. The number of aromatic nitrogens is 4. The summed E-state index contributed by atoms with van der Waals surface area (Å²) >= 11 is 0. The molecule has 1 atom stereocenters. The predicted molar refractivity (Wildman–Crippen MR) is 95.1 cm³/mol. The van der Waals surface area contributed by atoms with Crippen LogP contribution in [0, 0.1) is 0 Å². The van der Waals surface area contributed by atoms with Crippen molar-refractivity contribution in [3.63, 3.8) is 0 Å². The Morgan fingerprint density at radius 1 is 1.30 bits per heavy atom. The highest BCUT2D eigenvalue weighted by Crippen LogP contribution is 2.28. The number of benzene rings is 1. The van der Waals surface area contributed by atoms with Gasteiger partial charge in [-0.05, 0) is 17.7 Å². The number of carbonyl (C=O) groups excluding carboxylic acids is 1. The third-order valence-corrected chi connectivity index (χ3v) is 4.23. The molecule has 10 nitrogen and oxygen atoms in total. The van der Waals surface area contributed by atoms with E-state index < -0.39 is 6.10 Å². The number of phenols is 2. The topological polar surface area (TPSA) is 145 Å². The van der Waals surface area contributed by atoms with Crippen LogP contribution < -0.4 is 5.56 Å². The van der Waals surface area contributed by atoms with Crippen molar-refractivity contribution in [2.24, 2.45) is 0 Å². The SMILES string of the molecule is CN(CC(O)c1ccc(O)c(O)c1)C(=O)CCn1cnc2c(=O)[nH]cnc21. The van der Waals surface area contributed by atoms with Gasteiger partial charge in [0.1, 0.15) is 0 Å². The van der Waals surface area contributed by atoms with Crippen LogP contribution in [0.25, 0.3) is 11.2 Å². The van der Waals surface area contributed by atoms with Gasteiger partial charge in [0.15, 0.2) is 22.7 Å². The lowest BCUT2D eigenvalue weighted by molar-refractivity contribution is -0.131. The van der Waals surface area contributed by atoms with Crippen molar-refractivity contribution >= 4 is 17.1 Å². The molecule has 0 aliphatic carbocycles. The number of aromatic hydroxyl groups is 2. The number of hydrogen-bond donors (Lipinski definition) is 4. The van der Waals surface area contributed by atoms with Crippen LogP contribution in [0.5, 0.6) is 11.5 Å². The number of amides is 1. The highest BCUT2D eigenvalue weighted by Gasteiger charge is 2.17. The number of hydrogen-bond acceptors (Lipinski definition) is 7. The van der Waals surface area contributed by atoms with Crippen LogP contribution in [0.2, 0.25) is 0 Å². The lowest BCUT2D eigenvalue weighted by Crippen LogP contribution is -2.31. The van der Waals surface area contributed by atoms with Gasteiger partial charge in [0, 0.05) is 20.0 Å². The summed E-state index contributed by atoms with van der Waals surface area (Å²) < 4.78 is 1.62. The number of H-pyrrole nitrogens is 1. The summed E-state index contributed by atoms with van der Waals surface area (Å²) in [6.45, 7) is 0.303. The summed E-state index contributed by atoms with van der Waals surface area (Å²) in [4.78, 5) is 35.8. The van der Waals surface area contributed by atoms with E-state index in [0.29, 0.717) is 11.2 Å². The first-order chi connectivity index (χ1) is 12.9. The van der Waals surface area contributed by atoms with E-state index in [1.807, 2.05) is 0 Å². The van der Waals surface area contributed by atoms with Gasteiger partial charge < -0.3 is 29.8 Å². The van der Waals surface area contributed by atoms with Crippen molar-refractivity contribution in [2.45, 2.75) is 19.1 Å². The molecule has 0 bridgehead atoms. The molecule has 1 unspecified atom stereocenters. The second-order valence-electron chi connectivity index (χ2n) is 6.13. The van der Waals surface area contributed by atoms with Crippen molar-refractivity contribution in [3.8, 4) is 11.5 Å². The van der Waals surface area contributed by atoms with Gasteiger partial charge in [0.25, 0.3) is 5.56 Å². The number of rotatable bonds is 6. The molecule has 0 aliphatic rings.